The quantitative estimate of drug-likeness (QED) is 0.681. The molecule has 0 fully saturated rings. The number of nitrogens with one attached hydrogen (secondary N) is 1. The van der Waals surface area contributed by atoms with E-state index in [-0.39, 0.29) is 0 Å². The number of hydrogen-bond acceptors (Lipinski definition) is 4. The molecule has 4 nitrogen and oxygen atoms in total. The molecule has 1 aromatic heterocycles. The lowest BCUT2D eigenvalue weighted by Crippen LogP contribution is -2.34. The van der Waals surface area contributed by atoms with Crippen LogP contribution in [-0.4, -0.2) is 11.7 Å². The van der Waals surface area contributed by atoms with Crippen LogP contribution in [0.5, 0.6) is 0 Å². The molecule has 0 saturated heterocycles. The predicted octanol–water partition coefficient (Wildman–Crippen LogP) is 2.70. The Morgan fingerprint density at radius 1 is 1.24 bits per heavy atom. The summed E-state index contributed by atoms with van der Waals surface area (Å²) in [6.07, 6.45) is 0. The zero-order valence-corrected chi connectivity index (χ0v) is 12.3. The van der Waals surface area contributed by atoms with Gasteiger partial charge in [-0.1, -0.05) is 30.3 Å². The lowest BCUT2D eigenvalue weighted by atomic mass is 10.0. The first kappa shape index (κ1) is 14.9. The molecule has 0 aliphatic rings. The fourth-order valence-electron chi connectivity index (χ4n) is 1.83. The first-order valence-corrected chi connectivity index (χ1v) is 7.25. The maximum atomic E-state index is 12.2. The van der Waals surface area contributed by atoms with Crippen LogP contribution in [0.1, 0.15) is 20.1 Å². The summed E-state index contributed by atoms with van der Waals surface area (Å²) in [6.45, 7) is 2.17. The molecule has 0 saturated carbocycles. The van der Waals surface area contributed by atoms with Crippen LogP contribution in [-0.2, 0) is 11.3 Å². The number of carbonyl (C=O) groups excluding carboxylic acids is 2. The second kappa shape index (κ2) is 6.82. The van der Waals surface area contributed by atoms with Crippen LogP contribution in [0.4, 0.5) is 0 Å². The van der Waals surface area contributed by atoms with E-state index in [1.54, 1.807) is 18.2 Å². The van der Waals surface area contributed by atoms with Gasteiger partial charge in [0.05, 0.1) is 10.9 Å². The summed E-state index contributed by atoms with van der Waals surface area (Å²) < 4.78 is 0. The molecule has 1 atom stereocenters. The smallest absolute Gasteiger partial charge is 0.245 e. The average Bonchev–Trinajstić information content (AvgIpc) is 2.93. The third-order valence-corrected chi connectivity index (χ3v) is 3.96. The minimum atomic E-state index is -1.30. The van der Waals surface area contributed by atoms with E-state index in [0.29, 0.717) is 11.4 Å². The van der Waals surface area contributed by atoms with Gasteiger partial charge in [0.2, 0.25) is 5.91 Å². The number of rotatable bonds is 5. The highest BCUT2D eigenvalue weighted by molar-refractivity contribution is 7.14. The van der Waals surface area contributed by atoms with Crippen LogP contribution >= 0.6 is 11.3 Å². The van der Waals surface area contributed by atoms with Crippen molar-refractivity contribution in [2.45, 2.75) is 13.5 Å². The van der Waals surface area contributed by atoms with Gasteiger partial charge in [-0.2, -0.15) is 5.26 Å². The van der Waals surface area contributed by atoms with Gasteiger partial charge in [0.1, 0.15) is 0 Å². The van der Waals surface area contributed by atoms with Gasteiger partial charge in [-0.15, -0.1) is 11.3 Å². The number of Topliss-reactive ketones (excluding diaryl/α,β-unsaturated/α-hetero) is 1. The molecule has 2 rings (SSSR count). The number of carbonyl (C=O) groups is 2. The molecule has 1 aromatic carbocycles. The van der Waals surface area contributed by atoms with Gasteiger partial charge in [-0.25, -0.2) is 0 Å². The van der Waals surface area contributed by atoms with Crippen molar-refractivity contribution in [3.8, 4) is 6.07 Å². The third-order valence-electron chi connectivity index (χ3n) is 2.95. The van der Waals surface area contributed by atoms with Crippen LogP contribution in [0.3, 0.4) is 0 Å². The number of aryl methyl sites for hydroxylation is 1. The molecular weight excluding hydrogens is 284 g/mol. The first-order valence-electron chi connectivity index (χ1n) is 6.43. The van der Waals surface area contributed by atoms with Crippen molar-refractivity contribution in [2.75, 3.05) is 0 Å². The largest absolute Gasteiger partial charge is 0.350 e. The Balaban J connectivity index is 2.02. The molecule has 1 unspecified atom stereocenters. The minimum absolute atomic E-state index is 0.300. The van der Waals surface area contributed by atoms with Crippen LogP contribution in [0, 0.1) is 24.2 Å². The second-order valence-corrected chi connectivity index (χ2v) is 5.83. The molecule has 5 heteroatoms. The van der Waals surface area contributed by atoms with Gasteiger partial charge in [0.25, 0.3) is 0 Å². The van der Waals surface area contributed by atoms with Crippen LogP contribution in [0.2, 0.25) is 0 Å². The summed E-state index contributed by atoms with van der Waals surface area (Å²) in [4.78, 5) is 25.6. The highest BCUT2D eigenvalue weighted by Crippen LogP contribution is 2.19. The molecule has 1 heterocycles. The van der Waals surface area contributed by atoms with Gasteiger partial charge in [0, 0.05) is 11.4 Å². The number of benzene rings is 1. The molecule has 1 N–H and O–H groups in total. The van der Waals surface area contributed by atoms with Gasteiger partial charge in [-0.05, 0) is 24.6 Å². The summed E-state index contributed by atoms with van der Waals surface area (Å²) in [7, 11) is 0. The Kier molecular flexibility index (Phi) is 4.85. The molecule has 0 spiro atoms. The minimum Gasteiger partial charge on any atom is -0.350 e. The van der Waals surface area contributed by atoms with Crippen molar-refractivity contribution in [1.29, 1.82) is 5.26 Å². The summed E-state index contributed by atoms with van der Waals surface area (Å²) in [5, 5.41) is 11.7. The Morgan fingerprint density at radius 2 is 1.95 bits per heavy atom. The van der Waals surface area contributed by atoms with Crippen molar-refractivity contribution in [3.05, 3.63) is 57.8 Å². The van der Waals surface area contributed by atoms with E-state index in [1.165, 1.54) is 11.3 Å². The monoisotopic (exact) mass is 298 g/mol. The highest BCUT2D eigenvalue weighted by atomic mass is 32.1. The SMILES string of the molecule is Cc1ccc(C(=O)C(C#N)C(=O)NCc2ccccc2)s1. The molecule has 1 amide bonds. The predicted molar refractivity (Wildman–Crippen MR) is 80.8 cm³/mol. The van der Waals surface area contributed by atoms with E-state index in [1.807, 2.05) is 37.3 Å². The molecular formula is C16H14N2O2S. The number of nitrogens with zero attached hydrogens (tertiary/aromatic N) is 1. The highest BCUT2D eigenvalue weighted by Gasteiger charge is 2.28. The summed E-state index contributed by atoms with van der Waals surface area (Å²) in [6, 6.07) is 14.6. The molecule has 0 radical (unpaired) electrons. The maximum absolute atomic E-state index is 12.2. The van der Waals surface area contributed by atoms with Crippen molar-refractivity contribution >= 4 is 23.0 Å². The number of hydrogen-bond donors (Lipinski definition) is 1. The average molecular weight is 298 g/mol. The zero-order valence-electron chi connectivity index (χ0n) is 11.5. The van der Waals surface area contributed by atoms with Crippen LogP contribution in [0.15, 0.2) is 42.5 Å². The summed E-state index contributed by atoms with van der Waals surface area (Å²) >= 11 is 1.29. The molecule has 21 heavy (non-hydrogen) atoms. The van der Waals surface area contributed by atoms with Gasteiger partial charge in [-0.3, -0.25) is 9.59 Å². The van der Waals surface area contributed by atoms with E-state index < -0.39 is 17.6 Å². The number of amides is 1. The third kappa shape index (κ3) is 3.77. The Hall–Kier alpha value is -2.45. The molecule has 2 aromatic rings. The normalized spacial score (nSPS) is 11.4. The number of ketones is 1. The molecule has 106 valence electrons. The van der Waals surface area contributed by atoms with E-state index in [9.17, 15) is 9.59 Å². The lowest BCUT2D eigenvalue weighted by Gasteiger charge is -2.08. The fourth-order valence-corrected chi connectivity index (χ4v) is 2.67. The first-order chi connectivity index (χ1) is 10.1. The van der Waals surface area contributed by atoms with Crippen molar-refractivity contribution in [2.24, 2.45) is 5.92 Å². The van der Waals surface area contributed by atoms with E-state index in [4.69, 9.17) is 5.26 Å². The lowest BCUT2D eigenvalue weighted by molar-refractivity contribution is -0.122. The van der Waals surface area contributed by atoms with Gasteiger partial charge >= 0.3 is 0 Å². The van der Waals surface area contributed by atoms with Crippen LogP contribution in [0.25, 0.3) is 0 Å². The van der Waals surface area contributed by atoms with Gasteiger partial charge in [0.15, 0.2) is 11.7 Å². The molecule has 0 aliphatic carbocycles. The maximum Gasteiger partial charge on any atom is 0.245 e. The van der Waals surface area contributed by atoms with Crippen molar-refractivity contribution in [3.63, 3.8) is 0 Å². The topological polar surface area (TPSA) is 70.0 Å². The molecule has 0 bridgehead atoms. The van der Waals surface area contributed by atoms with E-state index in [0.717, 1.165) is 10.4 Å². The van der Waals surface area contributed by atoms with Crippen molar-refractivity contribution < 1.29 is 9.59 Å². The van der Waals surface area contributed by atoms with Crippen LogP contribution < -0.4 is 5.32 Å². The molecule has 0 aliphatic heterocycles. The Labute approximate surface area is 127 Å². The second-order valence-electron chi connectivity index (χ2n) is 4.54. The fraction of sp³-hybridized carbons (Fsp3) is 0.188. The summed E-state index contributed by atoms with van der Waals surface area (Å²) in [5.41, 5.74) is 0.918. The van der Waals surface area contributed by atoms with Gasteiger partial charge < -0.3 is 5.32 Å². The Bertz CT molecular complexity index is 686. The standard InChI is InChI=1S/C16H14N2O2S/c1-11-7-8-14(21-11)15(19)13(9-17)16(20)18-10-12-5-3-2-4-6-12/h2-8,13H,10H2,1H3,(H,18,20). The number of nitriles is 1. The van der Waals surface area contributed by atoms with E-state index >= 15 is 0 Å². The zero-order chi connectivity index (χ0) is 15.2. The summed E-state index contributed by atoms with van der Waals surface area (Å²) in [5.74, 6) is -2.30. The Morgan fingerprint density at radius 3 is 2.52 bits per heavy atom. The van der Waals surface area contributed by atoms with Crippen molar-refractivity contribution in [1.82, 2.24) is 5.32 Å². The van der Waals surface area contributed by atoms with E-state index in [2.05, 4.69) is 5.32 Å². The number of thiophene rings is 1.